The summed E-state index contributed by atoms with van der Waals surface area (Å²) in [4.78, 5) is 0. The first-order valence-corrected chi connectivity index (χ1v) is 6.09. The van der Waals surface area contributed by atoms with E-state index in [9.17, 15) is 4.39 Å². The largest absolute Gasteiger partial charge is 0.309 e. The maximum Gasteiger partial charge on any atom is 0.123 e. The molecular formula is C14H20FN. The fraction of sp³-hybridized carbons (Fsp3) is 0.571. The van der Waals surface area contributed by atoms with E-state index < -0.39 is 0 Å². The Morgan fingerprint density at radius 1 is 1.44 bits per heavy atom. The monoisotopic (exact) mass is 221 g/mol. The second-order valence-corrected chi connectivity index (χ2v) is 5.30. The minimum atomic E-state index is -0.121. The Morgan fingerprint density at radius 2 is 2.19 bits per heavy atom. The molecular weight excluding hydrogens is 201 g/mol. The van der Waals surface area contributed by atoms with Crippen LogP contribution in [0, 0.1) is 17.7 Å². The van der Waals surface area contributed by atoms with Crippen molar-refractivity contribution in [3.63, 3.8) is 0 Å². The fourth-order valence-corrected chi connectivity index (χ4v) is 2.49. The molecule has 2 atom stereocenters. The van der Waals surface area contributed by atoms with Gasteiger partial charge in [-0.2, -0.15) is 0 Å². The predicted molar refractivity (Wildman–Crippen MR) is 64.8 cm³/mol. The molecule has 0 aliphatic heterocycles. The van der Waals surface area contributed by atoms with Crippen molar-refractivity contribution in [3.05, 3.63) is 35.1 Å². The van der Waals surface area contributed by atoms with Crippen LogP contribution in [0.3, 0.4) is 0 Å². The van der Waals surface area contributed by atoms with Crippen molar-refractivity contribution in [2.75, 3.05) is 6.54 Å². The van der Waals surface area contributed by atoms with E-state index in [1.54, 1.807) is 12.1 Å². The second-order valence-electron chi connectivity index (χ2n) is 5.30. The van der Waals surface area contributed by atoms with Gasteiger partial charge in [-0.05, 0) is 48.1 Å². The number of benzene rings is 1. The van der Waals surface area contributed by atoms with Crippen LogP contribution in [-0.2, 0) is 6.42 Å². The van der Waals surface area contributed by atoms with Gasteiger partial charge in [-0.1, -0.05) is 26.8 Å². The van der Waals surface area contributed by atoms with Crippen molar-refractivity contribution >= 4 is 0 Å². The second kappa shape index (κ2) is 4.54. The van der Waals surface area contributed by atoms with Gasteiger partial charge in [0, 0.05) is 6.04 Å². The summed E-state index contributed by atoms with van der Waals surface area (Å²) in [6.45, 7) is 7.61. The number of fused-ring (bicyclic) bond motifs is 1. The zero-order valence-corrected chi connectivity index (χ0v) is 10.3. The lowest BCUT2D eigenvalue weighted by molar-refractivity contribution is 0.391. The van der Waals surface area contributed by atoms with Gasteiger partial charge >= 0.3 is 0 Å². The minimum Gasteiger partial charge on any atom is -0.309 e. The molecule has 0 spiro atoms. The van der Waals surface area contributed by atoms with Crippen LogP contribution in [0.2, 0.25) is 0 Å². The fourth-order valence-electron chi connectivity index (χ4n) is 2.49. The van der Waals surface area contributed by atoms with Crippen LogP contribution in [0.1, 0.15) is 37.9 Å². The van der Waals surface area contributed by atoms with Crippen molar-refractivity contribution in [3.8, 4) is 0 Å². The lowest BCUT2D eigenvalue weighted by Gasteiger charge is -2.20. The SMILES string of the molecule is CC(C)CNC1c2cc(F)ccc2CC1C. The van der Waals surface area contributed by atoms with Crippen LogP contribution >= 0.6 is 0 Å². The zero-order chi connectivity index (χ0) is 11.7. The molecule has 0 fully saturated rings. The number of hydrogen-bond donors (Lipinski definition) is 1. The van der Waals surface area contributed by atoms with Crippen molar-refractivity contribution in [2.45, 2.75) is 33.2 Å². The van der Waals surface area contributed by atoms with E-state index in [0.29, 0.717) is 17.9 Å². The van der Waals surface area contributed by atoms with Crippen LogP contribution in [0.25, 0.3) is 0 Å². The van der Waals surface area contributed by atoms with E-state index in [1.807, 2.05) is 6.07 Å². The lowest BCUT2D eigenvalue weighted by atomic mass is 10.0. The quantitative estimate of drug-likeness (QED) is 0.825. The number of nitrogens with one attached hydrogen (secondary N) is 1. The molecule has 0 aromatic heterocycles. The van der Waals surface area contributed by atoms with E-state index >= 15 is 0 Å². The Labute approximate surface area is 97.1 Å². The highest BCUT2D eigenvalue weighted by atomic mass is 19.1. The van der Waals surface area contributed by atoms with Gasteiger partial charge in [0.15, 0.2) is 0 Å². The standard InChI is InChI=1S/C14H20FN/c1-9(2)8-16-14-10(3)6-11-4-5-12(15)7-13(11)14/h4-5,7,9-10,14,16H,6,8H2,1-3H3. The summed E-state index contributed by atoms with van der Waals surface area (Å²) in [5.41, 5.74) is 2.46. The molecule has 1 aromatic carbocycles. The molecule has 0 saturated carbocycles. The summed E-state index contributed by atoms with van der Waals surface area (Å²) in [6.07, 6.45) is 1.06. The van der Waals surface area contributed by atoms with Crippen molar-refractivity contribution in [2.24, 2.45) is 11.8 Å². The van der Waals surface area contributed by atoms with Crippen LogP contribution in [0.15, 0.2) is 18.2 Å². The highest BCUT2D eigenvalue weighted by Gasteiger charge is 2.29. The van der Waals surface area contributed by atoms with E-state index in [1.165, 1.54) is 5.56 Å². The van der Waals surface area contributed by atoms with Gasteiger partial charge in [0.1, 0.15) is 5.82 Å². The van der Waals surface area contributed by atoms with Crippen molar-refractivity contribution in [1.82, 2.24) is 5.32 Å². The Morgan fingerprint density at radius 3 is 2.88 bits per heavy atom. The van der Waals surface area contributed by atoms with Gasteiger partial charge < -0.3 is 5.32 Å². The Balaban J connectivity index is 2.18. The molecule has 0 amide bonds. The molecule has 1 aliphatic rings. The average Bonchev–Trinajstić information content (AvgIpc) is 2.51. The molecule has 1 aromatic rings. The molecule has 2 unspecified atom stereocenters. The van der Waals surface area contributed by atoms with E-state index in [-0.39, 0.29) is 5.82 Å². The molecule has 0 heterocycles. The van der Waals surface area contributed by atoms with Crippen LogP contribution in [-0.4, -0.2) is 6.54 Å². The first kappa shape index (κ1) is 11.6. The Hall–Kier alpha value is -0.890. The van der Waals surface area contributed by atoms with Crippen LogP contribution < -0.4 is 5.32 Å². The molecule has 0 saturated heterocycles. The summed E-state index contributed by atoms with van der Waals surface area (Å²) >= 11 is 0. The summed E-state index contributed by atoms with van der Waals surface area (Å²) < 4.78 is 13.2. The molecule has 2 heteroatoms. The van der Waals surface area contributed by atoms with Gasteiger partial charge in [0.25, 0.3) is 0 Å². The summed E-state index contributed by atoms with van der Waals surface area (Å²) in [6, 6.07) is 5.51. The maximum atomic E-state index is 13.2. The summed E-state index contributed by atoms with van der Waals surface area (Å²) in [5, 5.41) is 3.55. The van der Waals surface area contributed by atoms with E-state index in [0.717, 1.165) is 18.5 Å². The normalized spacial score (nSPS) is 23.8. The van der Waals surface area contributed by atoms with E-state index in [2.05, 4.69) is 26.1 Å². The molecule has 1 aliphatic carbocycles. The third kappa shape index (κ3) is 2.27. The Bertz CT molecular complexity index is 373. The molecule has 0 bridgehead atoms. The average molecular weight is 221 g/mol. The first-order chi connectivity index (χ1) is 7.58. The topological polar surface area (TPSA) is 12.0 Å². The van der Waals surface area contributed by atoms with Crippen molar-refractivity contribution < 1.29 is 4.39 Å². The first-order valence-electron chi connectivity index (χ1n) is 6.09. The van der Waals surface area contributed by atoms with Gasteiger partial charge in [-0.15, -0.1) is 0 Å². The highest BCUT2D eigenvalue weighted by molar-refractivity contribution is 5.36. The maximum absolute atomic E-state index is 13.2. The molecule has 2 rings (SSSR count). The predicted octanol–water partition coefficient (Wildman–Crippen LogP) is 3.30. The summed E-state index contributed by atoms with van der Waals surface area (Å²) in [7, 11) is 0. The smallest absolute Gasteiger partial charge is 0.123 e. The minimum absolute atomic E-state index is 0.121. The number of rotatable bonds is 3. The van der Waals surface area contributed by atoms with Crippen LogP contribution in [0.4, 0.5) is 4.39 Å². The van der Waals surface area contributed by atoms with Gasteiger partial charge in [-0.25, -0.2) is 4.39 Å². The van der Waals surface area contributed by atoms with Crippen molar-refractivity contribution in [1.29, 1.82) is 0 Å². The lowest BCUT2D eigenvalue weighted by Crippen LogP contribution is -2.27. The molecule has 1 nitrogen and oxygen atoms in total. The van der Waals surface area contributed by atoms with Crippen LogP contribution in [0.5, 0.6) is 0 Å². The third-order valence-electron chi connectivity index (χ3n) is 3.30. The van der Waals surface area contributed by atoms with Gasteiger partial charge in [-0.3, -0.25) is 0 Å². The van der Waals surface area contributed by atoms with E-state index in [4.69, 9.17) is 0 Å². The third-order valence-corrected chi connectivity index (χ3v) is 3.30. The number of hydrogen-bond acceptors (Lipinski definition) is 1. The molecule has 1 N–H and O–H groups in total. The Kier molecular flexibility index (Phi) is 3.29. The zero-order valence-electron chi connectivity index (χ0n) is 10.3. The van der Waals surface area contributed by atoms with Gasteiger partial charge in [0.05, 0.1) is 0 Å². The summed E-state index contributed by atoms with van der Waals surface area (Å²) in [5.74, 6) is 1.07. The number of halogens is 1. The molecule has 0 radical (unpaired) electrons. The molecule has 88 valence electrons. The van der Waals surface area contributed by atoms with Gasteiger partial charge in [0.2, 0.25) is 0 Å². The molecule has 16 heavy (non-hydrogen) atoms. The highest BCUT2D eigenvalue weighted by Crippen LogP contribution is 2.36.